The number of aromatic hydroxyl groups is 1. The number of phenolic OH excluding ortho intramolecular Hbond substituents is 1. The van der Waals surface area contributed by atoms with Gasteiger partial charge in [-0.15, -0.1) is 0 Å². The first kappa shape index (κ1) is 18.8. The molecule has 2 aliphatic heterocycles. The zero-order valence-electron chi connectivity index (χ0n) is 13.8. The van der Waals surface area contributed by atoms with Crippen LogP contribution >= 0.6 is 0 Å². The third-order valence-corrected chi connectivity index (χ3v) is 4.02. The van der Waals surface area contributed by atoms with Crippen LogP contribution in [0.15, 0.2) is 30.4 Å². The van der Waals surface area contributed by atoms with Gasteiger partial charge >= 0.3 is 11.9 Å². The summed E-state index contributed by atoms with van der Waals surface area (Å²) in [6, 6.07) is 5.83. The summed E-state index contributed by atoms with van der Waals surface area (Å²) in [6.07, 6.45) is 2.05. The van der Waals surface area contributed by atoms with E-state index in [1.54, 1.807) is 6.07 Å². The summed E-state index contributed by atoms with van der Waals surface area (Å²) < 4.78 is 11.5. The molecule has 8 nitrogen and oxygen atoms in total. The highest BCUT2D eigenvalue weighted by molar-refractivity contribution is 5.89. The Morgan fingerprint density at radius 2 is 1.88 bits per heavy atom. The Hall–Kier alpha value is -2.58. The molecule has 1 aromatic rings. The second kappa shape index (κ2) is 8.50. The van der Waals surface area contributed by atoms with Gasteiger partial charge in [0.2, 0.25) is 0 Å². The van der Waals surface area contributed by atoms with Gasteiger partial charge in [0.1, 0.15) is 6.10 Å². The lowest BCUT2D eigenvalue weighted by atomic mass is 9.97. The van der Waals surface area contributed by atoms with Crippen LogP contribution in [0, 0.1) is 0 Å². The van der Waals surface area contributed by atoms with E-state index in [2.05, 4.69) is 11.9 Å². The summed E-state index contributed by atoms with van der Waals surface area (Å²) in [4.78, 5) is 21.4. The van der Waals surface area contributed by atoms with Crippen molar-refractivity contribution in [2.45, 2.75) is 18.6 Å². The van der Waals surface area contributed by atoms with Crippen LogP contribution in [0.25, 0.3) is 0 Å². The molecule has 136 valence electrons. The van der Waals surface area contributed by atoms with E-state index in [1.165, 1.54) is 0 Å². The van der Waals surface area contributed by atoms with E-state index < -0.39 is 11.9 Å². The van der Waals surface area contributed by atoms with Gasteiger partial charge in [0.25, 0.3) is 0 Å². The number of phenols is 1. The van der Waals surface area contributed by atoms with Gasteiger partial charge in [-0.3, -0.25) is 4.90 Å². The highest BCUT2D eigenvalue weighted by Gasteiger charge is 2.35. The monoisotopic (exact) mass is 351 g/mol. The maximum absolute atomic E-state index is 9.84. The molecule has 0 aromatic heterocycles. The van der Waals surface area contributed by atoms with Crippen LogP contribution in [0.2, 0.25) is 0 Å². The number of carboxylic acids is 2. The predicted molar refractivity (Wildman–Crippen MR) is 87.7 cm³/mol. The Morgan fingerprint density at radius 3 is 2.52 bits per heavy atom. The van der Waals surface area contributed by atoms with Crippen LogP contribution in [-0.4, -0.2) is 65.0 Å². The lowest BCUT2D eigenvalue weighted by Gasteiger charge is -2.38. The summed E-state index contributed by atoms with van der Waals surface area (Å²) >= 11 is 0. The molecule has 1 saturated heterocycles. The zero-order chi connectivity index (χ0) is 18.4. The Bertz CT molecular complexity index is 642. The number of hydrogen-bond acceptors (Lipinski definition) is 6. The lowest BCUT2D eigenvalue weighted by molar-refractivity contribution is -0.134. The van der Waals surface area contributed by atoms with E-state index in [9.17, 15) is 14.7 Å². The standard InChI is InChI=1S/C13H17NO3.C4H4O4/c1-14-6-8-17-12-9-3-2-4-11(15)13(9)16-7-5-10(12)14;5-3(6)1-2-4(7)8/h2-4,10,12,15H,5-8H2,1H3;1-2H,(H,5,6)(H,7,8)/t10-,12-;/m0./s1. The van der Waals surface area contributed by atoms with Gasteiger partial charge in [-0.1, -0.05) is 12.1 Å². The summed E-state index contributed by atoms with van der Waals surface area (Å²) in [5.41, 5.74) is 0.971. The Morgan fingerprint density at radius 1 is 1.20 bits per heavy atom. The Kier molecular flexibility index (Phi) is 6.37. The van der Waals surface area contributed by atoms with Crippen molar-refractivity contribution < 1.29 is 34.4 Å². The second-order valence-electron chi connectivity index (χ2n) is 5.68. The molecule has 3 rings (SSSR count). The van der Waals surface area contributed by atoms with Crippen molar-refractivity contribution in [1.82, 2.24) is 4.90 Å². The number of fused-ring (bicyclic) bond motifs is 3. The van der Waals surface area contributed by atoms with Gasteiger partial charge < -0.3 is 24.8 Å². The van der Waals surface area contributed by atoms with E-state index >= 15 is 0 Å². The van der Waals surface area contributed by atoms with Gasteiger partial charge in [-0.25, -0.2) is 9.59 Å². The van der Waals surface area contributed by atoms with Crippen molar-refractivity contribution in [2.24, 2.45) is 0 Å². The molecule has 2 aliphatic rings. The molecule has 2 atom stereocenters. The molecule has 0 radical (unpaired) electrons. The molecular weight excluding hydrogens is 330 g/mol. The molecule has 2 heterocycles. The first-order valence-corrected chi connectivity index (χ1v) is 7.80. The van der Waals surface area contributed by atoms with Crippen molar-refractivity contribution in [1.29, 1.82) is 0 Å². The van der Waals surface area contributed by atoms with E-state index in [4.69, 9.17) is 19.7 Å². The Labute approximate surface area is 144 Å². The summed E-state index contributed by atoms with van der Waals surface area (Å²) in [5.74, 6) is -1.71. The molecule has 3 N–H and O–H groups in total. The van der Waals surface area contributed by atoms with Gasteiger partial charge in [0.15, 0.2) is 11.5 Å². The van der Waals surface area contributed by atoms with E-state index in [-0.39, 0.29) is 11.9 Å². The van der Waals surface area contributed by atoms with Gasteiger partial charge in [0.05, 0.1) is 13.2 Å². The maximum Gasteiger partial charge on any atom is 0.328 e. The number of para-hydroxylation sites is 1. The molecular formula is C17H21NO7. The fourth-order valence-electron chi connectivity index (χ4n) is 2.85. The SMILES string of the molecule is CN1CCO[C@H]2c3cccc(O)c3OCC[C@@H]21.O=C(O)C=CC(=O)O. The van der Waals surface area contributed by atoms with E-state index in [0.717, 1.165) is 25.1 Å². The smallest absolute Gasteiger partial charge is 0.328 e. The van der Waals surface area contributed by atoms with Gasteiger partial charge in [0, 0.05) is 30.3 Å². The van der Waals surface area contributed by atoms with Crippen LogP contribution in [-0.2, 0) is 14.3 Å². The molecule has 0 amide bonds. The lowest BCUT2D eigenvalue weighted by Crippen LogP contribution is -2.44. The van der Waals surface area contributed by atoms with Crippen LogP contribution in [0.3, 0.4) is 0 Å². The largest absolute Gasteiger partial charge is 0.504 e. The van der Waals surface area contributed by atoms with Crippen molar-refractivity contribution in [3.05, 3.63) is 35.9 Å². The van der Waals surface area contributed by atoms with Gasteiger partial charge in [-0.2, -0.15) is 0 Å². The molecule has 0 saturated carbocycles. The van der Waals surface area contributed by atoms with Crippen molar-refractivity contribution >= 4 is 11.9 Å². The average Bonchev–Trinajstić information content (AvgIpc) is 2.75. The predicted octanol–water partition coefficient (Wildman–Crippen LogP) is 1.26. The zero-order valence-corrected chi connectivity index (χ0v) is 13.8. The maximum atomic E-state index is 9.84. The average molecular weight is 351 g/mol. The fraction of sp³-hybridized carbons (Fsp3) is 0.412. The topological polar surface area (TPSA) is 117 Å². The minimum absolute atomic E-state index is 0.0124. The number of carboxylic acid groups (broad SMARTS) is 2. The number of benzene rings is 1. The molecule has 25 heavy (non-hydrogen) atoms. The summed E-state index contributed by atoms with van der Waals surface area (Å²) in [5, 5.41) is 25.5. The number of nitrogens with zero attached hydrogens (tertiary/aromatic N) is 1. The Balaban J connectivity index is 0.000000242. The van der Waals surface area contributed by atoms with Crippen LogP contribution in [0.1, 0.15) is 18.1 Å². The number of likely N-dealkylation sites (N-methyl/N-ethyl adjacent to an activating group) is 1. The molecule has 0 unspecified atom stereocenters. The highest BCUT2D eigenvalue weighted by atomic mass is 16.5. The third-order valence-electron chi connectivity index (χ3n) is 4.02. The first-order valence-electron chi connectivity index (χ1n) is 7.80. The summed E-state index contributed by atoms with van der Waals surface area (Å²) in [6.45, 7) is 2.31. The molecule has 0 spiro atoms. The quantitative estimate of drug-likeness (QED) is 0.682. The van der Waals surface area contributed by atoms with Crippen LogP contribution in [0.5, 0.6) is 11.5 Å². The summed E-state index contributed by atoms with van der Waals surface area (Å²) in [7, 11) is 2.12. The number of carbonyl (C=O) groups is 2. The molecule has 1 aromatic carbocycles. The van der Waals surface area contributed by atoms with Crippen molar-refractivity contribution in [3.63, 3.8) is 0 Å². The number of ether oxygens (including phenoxy) is 2. The number of rotatable bonds is 2. The van der Waals surface area contributed by atoms with E-state index in [0.29, 0.717) is 30.6 Å². The normalized spacial score (nSPS) is 22.6. The van der Waals surface area contributed by atoms with Crippen molar-refractivity contribution in [3.8, 4) is 11.5 Å². The molecule has 0 aliphatic carbocycles. The first-order chi connectivity index (χ1) is 11.9. The van der Waals surface area contributed by atoms with Crippen LogP contribution < -0.4 is 4.74 Å². The number of aliphatic carboxylic acids is 2. The van der Waals surface area contributed by atoms with Crippen molar-refractivity contribution in [2.75, 3.05) is 26.8 Å². The molecule has 1 fully saturated rings. The second-order valence-corrected chi connectivity index (χ2v) is 5.68. The third kappa shape index (κ3) is 4.94. The number of hydrogen-bond donors (Lipinski definition) is 3. The minimum Gasteiger partial charge on any atom is -0.504 e. The minimum atomic E-state index is -1.26. The molecule has 8 heteroatoms. The fourth-order valence-corrected chi connectivity index (χ4v) is 2.85. The highest BCUT2D eigenvalue weighted by Crippen LogP contribution is 2.41. The van der Waals surface area contributed by atoms with Gasteiger partial charge in [-0.05, 0) is 19.5 Å². The van der Waals surface area contributed by atoms with Crippen LogP contribution in [0.4, 0.5) is 0 Å². The molecule has 0 bridgehead atoms. The number of morpholine rings is 1. The van der Waals surface area contributed by atoms with E-state index in [1.807, 2.05) is 12.1 Å².